The lowest BCUT2D eigenvalue weighted by atomic mass is 9.77. The first kappa shape index (κ1) is 16.3. The van der Waals surface area contributed by atoms with Gasteiger partial charge in [0.2, 0.25) is 5.95 Å². The molecule has 2 aromatic rings. The predicted molar refractivity (Wildman–Crippen MR) is 93.9 cm³/mol. The fourth-order valence-electron chi connectivity index (χ4n) is 4.34. The molecule has 1 unspecified atom stereocenters. The Bertz CT molecular complexity index is 793. The van der Waals surface area contributed by atoms with Crippen molar-refractivity contribution in [2.24, 2.45) is 0 Å². The zero-order chi connectivity index (χ0) is 17.4. The SMILES string of the molecule is COc1ccc(CN2CCCC3(CCc4cnc(N)nc43)C2)c(F)c1. The third-order valence-corrected chi connectivity index (χ3v) is 5.57. The highest BCUT2D eigenvalue weighted by Gasteiger charge is 2.43. The van der Waals surface area contributed by atoms with Crippen molar-refractivity contribution in [3.8, 4) is 5.75 Å². The minimum absolute atomic E-state index is 0.0353. The Kier molecular flexibility index (Phi) is 4.07. The maximum Gasteiger partial charge on any atom is 0.220 e. The molecule has 1 aromatic heterocycles. The maximum atomic E-state index is 14.3. The lowest BCUT2D eigenvalue weighted by Crippen LogP contribution is -2.45. The molecule has 6 heteroatoms. The highest BCUT2D eigenvalue weighted by Crippen LogP contribution is 2.44. The summed E-state index contributed by atoms with van der Waals surface area (Å²) < 4.78 is 19.4. The summed E-state index contributed by atoms with van der Waals surface area (Å²) in [5.41, 5.74) is 8.90. The van der Waals surface area contributed by atoms with E-state index in [4.69, 9.17) is 10.5 Å². The Labute approximate surface area is 147 Å². The second-order valence-electron chi connectivity index (χ2n) is 7.15. The second kappa shape index (κ2) is 6.26. The number of aryl methyl sites for hydroxylation is 1. The molecule has 1 fully saturated rings. The number of benzene rings is 1. The lowest BCUT2D eigenvalue weighted by Gasteiger charge is -2.40. The molecule has 0 radical (unpaired) electrons. The molecule has 0 amide bonds. The summed E-state index contributed by atoms with van der Waals surface area (Å²) in [5, 5.41) is 0. The normalized spacial score (nSPS) is 23.0. The molecule has 2 N–H and O–H groups in total. The molecule has 1 saturated heterocycles. The number of anilines is 1. The second-order valence-corrected chi connectivity index (χ2v) is 7.15. The van der Waals surface area contributed by atoms with E-state index in [1.807, 2.05) is 18.3 Å². The van der Waals surface area contributed by atoms with Gasteiger partial charge in [-0.15, -0.1) is 0 Å². The Morgan fingerprint density at radius 3 is 3.04 bits per heavy atom. The van der Waals surface area contributed by atoms with Gasteiger partial charge in [-0.25, -0.2) is 14.4 Å². The van der Waals surface area contributed by atoms with Gasteiger partial charge >= 0.3 is 0 Å². The van der Waals surface area contributed by atoms with E-state index in [9.17, 15) is 4.39 Å². The molecule has 4 rings (SSSR count). The van der Waals surface area contributed by atoms with Crippen molar-refractivity contribution in [3.63, 3.8) is 0 Å². The zero-order valence-electron chi connectivity index (χ0n) is 14.5. The highest BCUT2D eigenvalue weighted by molar-refractivity contribution is 5.37. The Hall–Kier alpha value is -2.21. The Morgan fingerprint density at radius 2 is 2.24 bits per heavy atom. The number of piperidine rings is 1. The van der Waals surface area contributed by atoms with Crippen LogP contribution in [0.3, 0.4) is 0 Å². The third kappa shape index (κ3) is 2.95. The maximum absolute atomic E-state index is 14.3. The number of halogens is 1. The van der Waals surface area contributed by atoms with Crippen LogP contribution in [0.25, 0.3) is 0 Å². The number of hydrogen-bond acceptors (Lipinski definition) is 5. The van der Waals surface area contributed by atoms with Crippen molar-refractivity contribution in [2.45, 2.75) is 37.6 Å². The molecule has 25 heavy (non-hydrogen) atoms. The van der Waals surface area contributed by atoms with Gasteiger partial charge in [-0.05, 0) is 43.9 Å². The van der Waals surface area contributed by atoms with Crippen LogP contribution in [0.5, 0.6) is 5.75 Å². The van der Waals surface area contributed by atoms with Crippen molar-refractivity contribution < 1.29 is 9.13 Å². The van der Waals surface area contributed by atoms with Crippen LogP contribution in [0.1, 0.15) is 36.1 Å². The quantitative estimate of drug-likeness (QED) is 0.929. The fraction of sp³-hybridized carbons (Fsp3) is 0.474. The minimum Gasteiger partial charge on any atom is -0.497 e. The van der Waals surface area contributed by atoms with Crippen LogP contribution in [0, 0.1) is 5.82 Å². The van der Waals surface area contributed by atoms with E-state index in [0.29, 0.717) is 23.8 Å². The van der Waals surface area contributed by atoms with E-state index in [1.54, 1.807) is 7.11 Å². The van der Waals surface area contributed by atoms with Crippen LogP contribution >= 0.6 is 0 Å². The van der Waals surface area contributed by atoms with Gasteiger partial charge < -0.3 is 10.5 Å². The monoisotopic (exact) mass is 342 g/mol. The van der Waals surface area contributed by atoms with E-state index in [1.165, 1.54) is 11.6 Å². The van der Waals surface area contributed by atoms with Crippen molar-refractivity contribution in [3.05, 3.63) is 47.0 Å². The molecule has 0 saturated carbocycles. The lowest BCUT2D eigenvalue weighted by molar-refractivity contribution is 0.135. The number of fused-ring (bicyclic) bond motifs is 2. The summed E-state index contributed by atoms with van der Waals surface area (Å²) in [6.07, 6.45) is 6.14. The average Bonchev–Trinajstić information content (AvgIpc) is 2.94. The molecule has 2 aliphatic rings. The Balaban J connectivity index is 1.56. The largest absolute Gasteiger partial charge is 0.497 e. The summed E-state index contributed by atoms with van der Waals surface area (Å²) in [6, 6.07) is 5.09. The molecule has 2 heterocycles. The average molecular weight is 342 g/mol. The van der Waals surface area contributed by atoms with Crippen LogP contribution in [-0.4, -0.2) is 35.1 Å². The summed E-state index contributed by atoms with van der Waals surface area (Å²) in [4.78, 5) is 11.0. The van der Waals surface area contributed by atoms with Crippen molar-refractivity contribution >= 4 is 5.95 Å². The van der Waals surface area contributed by atoms with Crippen molar-refractivity contribution in [1.82, 2.24) is 14.9 Å². The van der Waals surface area contributed by atoms with Gasteiger partial charge in [0.15, 0.2) is 0 Å². The molecule has 0 bridgehead atoms. The van der Waals surface area contributed by atoms with E-state index >= 15 is 0 Å². The number of nitrogens with zero attached hydrogens (tertiary/aromatic N) is 3. The molecule has 1 aliphatic heterocycles. The van der Waals surface area contributed by atoms with Crippen molar-refractivity contribution in [2.75, 3.05) is 25.9 Å². The predicted octanol–water partition coefficient (Wildman–Crippen LogP) is 2.69. The number of hydrogen-bond donors (Lipinski definition) is 1. The van der Waals surface area contributed by atoms with Gasteiger partial charge in [-0.2, -0.15) is 0 Å². The van der Waals surface area contributed by atoms with E-state index in [2.05, 4.69) is 14.9 Å². The van der Waals surface area contributed by atoms with Gasteiger partial charge in [-0.3, -0.25) is 4.90 Å². The number of aromatic nitrogens is 2. The number of methoxy groups -OCH3 is 1. The first-order valence-corrected chi connectivity index (χ1v) is 8.76. The molecule has 132 valence electrons. The standard InChI is InChI=1S/C19H23FN4O/c1-25-15-4-3-14(16(20)9-15)11-24-8-2-6-19(12-24)7-5-13-10-22-18(21)23-17(13)19/h3-4,9-10H,2,5-8,11-12H2,1H3,(H2,21,22,23). The molecule has 5 nitrogen and oxygen atoms in total. The molecular weight excluding hydrogens is 319 g/mol. The molecule has 1 aliphatic carbocycles. The molecule has 1 spiro atoms. The van der Waals surface area contributed by atoms with Gasteiger partial charge in [-0.1, -0.05) is 6.07 Å². The fourth-order valence-corrected chi connectivity index (χ4v) is 4.34. The number of nitrogen functional groups attached to an aromatic ring is 1. The molecule has 1 aromatic carbocycles. The van der Waals surface area contributed by atoms with Crippen LogP contribution in [0.15, 0.2) is 24.4 Å². The molecular formula is C19H23FN4O. The molecule has 1 atom stereocenters. The minimum atomic E-state index is -0.211. The van der Waals surface area contributed by atoms with Crippen molar-refractivity contribution in [1.29, 1.82) is 0 Å². The van der Waals surface area contributed by atoms with Gasteiger partial charge in [0.05, 0.1) is 12.8 Å². The first-order valence-electron chi connectivity index (χ1n) is 8.76. The van der Waals surface area contributed by atoms with E-state index in [0.717, 1.165) is 44.5 Å². The van der Waals surface area contributed by atoms with E-state index in [-0.39, 0.29) is 11.2 Å². The summed E-state index contributed by atoms with van der Waals surface area (Å²) in [6.45, 7) is 2.47. The zero-order valence-corrected chi connectivity index (χ0v) is 14.5. The smallest absolute Gasteiger partial charge is 0.220 e. The summed E-state index contributed by atoms with van der Waals surface area (Å²) in [5.74, 6) is 0.684. The van der Waals surface area contributed by atoms with E-state index < -0.39 is 0 Å². The summed E-state index contributed by atoms with van der Waals surface area (Å²) >= 11 is 0. The number of rotatable bonds is 3. The van der Waals surface area contributed by atoms with Crippen LogP contribution in [0.2, 0.25) is 0 Å². The van der Waals surface area contributed by atoms with Gasteiger partial charge in [0, 0.05) is 36.3 Å². The topological polar surface area (TPSA) is 64.3 Å². The number of likely N-dealkylation sites (tertiary alicyclic amines) is 1. The first-order chi connectivity index (χ1) is 12.1. The third-order valence-electron chi connectivity index (χ3n) is 5.57. The Morgan fingerprint density at radius 1 is 1.36 bits per heavy atom. The van der Waals surface area contributed by atoms with Crippen LogP contribution in [0.4, 0.5) is 10.3 Å². The van der Waals surface area contributed by atoms with Crippen LogP contribution < -0.4 is 10.5 Å². The van der Waals surface area contributed by atoms with Crippen LogP contribution in [-0.2, 0) is 18.4 Å². The summed E-state index contributed by atoms with van der Waals surface area (Å²) in [7, 11) is 1.55. The van der Waals surface area contributed by atoms with Gasteiger partial charge in [0.1, 0.15) is 11.6 Å². The highest BCUT2D eigenvalue weighted by atomic mass is 19.1. The van der Waals surface area contributed by atoms with Gasteiger partial charge in [0.25, 0.3) is 0 Å². The number of nitrogens with two attached hydrogens (primary N) is 1. The number of ether oxygens (including phenoxy) is 1.